The molecule has 0 aliphatic heterocycles. The van der Waals surface area contributed by atoms with Gasteiger partial charge in [-0.15, -0.1) is 0 Å². The summed E-state index contributed by atoms with van der Waals surface area (Å²) in [7, 11) is 0. The summed E-state index contributed by atoms with van der Waals surface area (Å²) >= 11 is 0. The van der Waals surface area contributed by atoms with Crippen molar-refractivity contribution < 1.29 is 13.6 Å². The molecule has 2 rings (SSSR count). The zero-order valence-electron chi connectivity index (χ0n) is 6.81. The summed E-state index contributed by atoms with van der Waals surface area (Å²) in [5.41, 5.74) is -0.512. The highest BCUT2D eigenvalue weighted by molar-refractivity contribution is 5.73. The molecule has 13 heavy (non-hydrogen) atoms. The van der Waals surface area contributed by atoms with Crippen LogP contribution in [0.3, 0.4) is 0 Å². The number of hydrogen-bond donors (Lipinski definition) is 0. The van der Waals surface area contributed by atoms with Crippen LogP contribution in [0.2, 0.25) is 0 Å². The van der Waals surface area contributed by atoms with Gasteiger partial charge in [0.2, 0.25) is 6.29 Å². The van der Waals surface area contributed by atoms with Crippen LogP contribution in [0.4, 0.5) is 8.78 Å². The van der Waals surface area contributed by atoms with E-state index in [9.17, 15) is 13.6 Å². The SMILES string of the molecule is O=[C]C1(c2ccc(F)cc2F)CC1. The fraction of sp³-hybridized carbons (Fsp3) is 0.300. The van der Waals surface area contributed by atoms with Gasteiger partial charge < -0.3 is 0 Å². The molecule has 67 valence electrons. The molecule has 1 saturated carbocycles. The first kappa shape index (κ1) is 8.35. The Labute approximate surface area is 74.4 Å². The first-order valence-electron chi connectivity index (χ1n) is 4.03. The van der Waals surface area contributed by atoms with Crippen LogP contribution in [0.15, 0.2) is 18.2 Å². The minimum Gasteiger partial charge on any atom is -0.290 e. The summed E-state index contributed by atoms with van der Waals surface area (Å²) in [6.45, 7) is 0. The van der Waals surface area contributed by atoms with Gasteiger partial charge in [0.1, 0.15) is 11.6 Å². The summed E-state index contributed by atoms with van der Waals surface area (Å²) < 4.78 is 25.7. The Bertz CT molecular complexity index is 356. The van der Waals surface area contributed by atoms with Crippen molar-refractivity contribution in [2.45, 2.75) is 18.3 Å². The lowest BCUT2D eigenvalue weighted by Crippen LogP contribution is -2.10. The van der Waals surface area contributed by atoms with E-state index in [4.69, 9.17) is 0 Å². The van der Waals surface area contributed by atoms with E-state index in [-0.39, 0.29) is 5.56 Å². The van der Waals surface area contributed by atoms with E-state index in [1.165, 1.54) is 6.07 Å². The predicted octanol–water partition coefficient (Wildman–Crippen LogP) is 2.11. The lowest BCUT2D eigenvalue weighted by molar-refractivity contribution is 0.528. The molecule has 0 aromatic heterocycles. The molecule has 3 heteroatoms. The standard InChI is InChI=1S/C10H7F2O/c11-7-1-2-8(9(12)5-7)10(6-13)3-4-10/h1-2,5H,3-4H2. The van der Waals surface area contributed by atoms with Crippen LogP contribution in [-0.4, -0.2) is 6.29 Å². The maximum Gasteiger partial charge on any atom is 0.209 e. The summed E-state index contributed by atoms with van der Waals surface area (Å²) in [4.78, 5) is 10.5. The van der Waals surface area contributed by atoms with E-state index < -0.39 is 17.0 Å². The highest BCUT2D eigenvalue weighted by Crippen LogP contribution is 2.47. The topological polar surface area (TPSA) is 17.1 Å². The lowest BCUT2D eigenvalue weighted by atomic mass is 9.97. The molecule has 1 radical (unpaired) electrons. The third kappa shape index (κ3) is 1.24. The minimum absolute atomic E-state index is 0.268. The predicted molar refractivity (Wildman–Crippen MR) is 43.0 cm³/mol. The average molecular weight is 181 g/mol. The van der Waals surface area contributed by atoms with Gasteiger partial charge in [0.25, 0.3) is 0 Å². The van der Waals surface area contributed by atoms with Crippen LogP contribution in [0.1, 0.15) is 18.4 Å². The average Bonchev–Trinajstić information content (AvgIpc) is 2.85. The lowest BCUT2D eigenvalue weighted by Gasteiger charge is -2.07. The molecule has 0 saturated heterocycles. The van der Waals surface area contributed by atoms with Gasteiger partial charge in [-0.2, -0.15) is 0 Å². The molecule has 0 heterocycles. The van der Waals surface area contributed by atoms with E-state index in [0.717, 1.165) is 12.1 Å². The molecule has 0 bridgehead atoms. The zero-order chi connectivity index (χ0) is 9.47. The number of rotatable bonds is 2. The first-order chi connectivity index (χ1) is 6.18. The van der Waals surface area contributed by atoms with Crippen LogP contribution in [-0.2, 0) is 10.2 Å². The maximum absolute atomic E-state index is 13.2. The van der Waals surface area contributed by atoms with Crippen LogP contribution in [0, 0.1) is 11.6 Å². The molecule has 1 aromatic carbocycles. The molecular weight excluding hydrogens is 174 g/mol. The molecule has 1 aromatic rings. The van der Waals surface area contributed by atoms with Crippen LogP contribution >= 0.6 is 0 Å². The van der Waals surface area contributed by atoms with E-state index in [1.54, 1.807) is 0 Å². The molecular formula is C10H7F2O. The molecule has 0 spiro atoms. The fourth-order valence-corrected chi connectivity index (χ4v) is 1.43. The molecule has 0 atom stereocenters. The number of carbonyl (C=O) groups excluding carboxylic acids is 1. The van der Waals surface area contributed by atoms with Crippen molar-refractivity contribution in [1.82, 2.24) is 0 Å². The Hall–Kier alpha value is -1.25. The second kappa shape index (κ2) is 2.62. The van der Waals surface area contributed by atoms with E-state index in [0.29, 0.717) is 12.8 Å². The van der Waals surface area contributed by atoms with Crippen molar-refractivity contribution >= 4 is 6.29 Å². The molecule has 0 N–H and O–H groups in total. The van der Waals surface area contributed by atoms with Gasteiger partial charge in [-0.05, 0) is 18.9 Å². The monoisotopic (exact) mass is 181 g/mol. The third-order valence-corrected chi connectivity index (χ3v) is 2.39. The van der Waals surface area contributed by atoms with Gasteiger partial charge >= 0.3 is 0 Å². The van der Waals surface area contributed by atoms with Crippen LogP contribution in [0.5, 0.6) is 0 Å². The van der Waals surface area contributed by atoms with Gasteiger partial charge in [-0.1, -0.05) is 6.07 Å². The summed E-state index contributed by atoms with van der Waals surface area (Å²) in [5, 5.41) is 0. The van der Waals surface area contributed by atoms with Crippen molar-refractivity contribution in [2.75, 3.05) is 0 Å². The molecule has 1 fully saturated rings. The number of benzene rings is 1. The van der Waals surface area contributed by atoms with E-state index in [2.05, 4.69) is 0 Å². The van der Waals surface area contributed by atoms with Gasteiger partial charge in [-0.3, -0.25) is 4.79 Å². The van der Waals surface area contributed by atoms with Gasteiger partial charge in [0, 0.05) is 11.6 Å². The number of hydrogen-bond acceptors (Lipinski definition) is 1. The zero-order valence-corrected chi connectivity index (χ0v) is 6.81. The molecule has 0 unspecified atom stereocenters. The Morgan fingerprint density at radius 2 is 2.00 bits per heavy atom. The minimum atomic E-state index is -0.780. The van der Waals surface area contributed by atoms with Crippen LogP contribution < -0.4 is 0 Å². The second-order valence-corrected chi connectivity index (χ2v) is 3.31. The van der Waals surface area contributed by atoms with Crippen LogP contribution in [0.25, 0.3) is 0 Å². The van der Waals surface area contributed by atoms with Gasteiger partial charge in [0.15, 0.2) is 0 Å². The Morgan fingerprint density at radius 1 is 1.31 bits per heavy atom. The fourth-order valence-electron chi connectivity index (χ4n) is 1.43. The highest BCUT2D eigenvalue weighted by Gasteiger charge is 2.47. The third-order valence-electron chi connectivity index (χ3n) is 2.39. The smallest absolute Gasteiger partial charge is 0.209 e. The van der Waals surface area contributed by atoms with Crippen molar-refractivity contribution in [3.8, 4) is 0 Å². The summed E-state index contributed by atoms with van der Waals surface area (Å²) in [5.74, 6) is -1.27. The Kier molecular flexibility index (Phi) is 1.68. The molecule has 1 nitrogen and oxygen atoms in total. The summed E-state index contributed by atoms with van der Waals surface area (Å²) in [6.07, 6.45) is 3.04. The van der Waals surface area contributed by atoms with E-state index in [1.807, 2.05) is 6.29 Å². The Balaban J connectivity index is 2.47. The molecule has 1 aliphatic carbocycles. The quantitative estimate of drug-likeness (QED) is 0.682. The van der Waals surface area contributed by atoms with Gasteiger partial charge in [0.05, 0.1) is 5.41 Å². The maximum atomic E-state index is 13.2. The highest BCUT2D eigenvalue weighted by atomic mass is 19.1. The van der Waals surface area contributed by atoms with E-state index >= 15 is 0 Å². The summed E-state index contributed by atoms with van der Waals surface area (Å²) in [6, 6.07) is 3.28. The normalized spacial score (nSPS) is 18.3. The van der Waals surface area contributed by atoms with Crippen molar-refractivity contribution in [1.29, 1.82) is 0 Å². The second-order valence-electron chi connectivity index (χ2n) is 3.31. The van der Waals surface area contributed by atoms with Crippen molar-refractivity contribution in [2.24, 2.45) is 0 Å². The largest absolute Gasteiger partial charge is 0.290 e. The van der Waals surface area contributed by atoms with Crippen molar-refractivity contribution in [3.63, 3.8) is 0 Å². The number of halogens is 2. The molecule has 0 amide bonds. The Morgan fingerprint density at radius 3 is 2.46 bits per heavy atom. The first-order valence-corrected chi connectivity index (χ1v) is 4.03. The molecule has 1 aliphatic rings. The van der Waals surface area contributed by atoms with Gasteiger partial charge in [-0.25, -0.2) is 8.78 Å². The van der Waals surface area contributed by atoms with Crippen molar-refractivity contribution in [3.05, 3.63) is 35.4 Å².